The number of carbonyl (C=O) groups is 1. The lowest BCUT2D eigenvalue weighted by molar-refractivity contribution is 0.102. The van der Waals surface area contributed by atoms with Gasteiger partial charge in [-0.2, -0.15) is 5.10 Å². The Morgan fingerprint density at radius 2 is 1.95 bits per heavy atom. The van der Waals surface area contributed by atoms with Crippen molar-refractivity contribution in [2.75, 3.05) is 11.1 Å². The highest BCUT2D eigenvalue weighted by Gasteiger charge is 2.12. The zero-order valence-electron chi connectivity index (χ0n) is 10.1. The van der Waals surface area contributed by atoms with Crippen LogP contribution in [0.15, 0.2) is 48.7 Å². The van der Waals surface area contributed by atoms with Gasteiger partial charge in [-0.05, 0) is 11.5 Å². The Labute approximate surface area is 109 Å². The summed E-state index contributed by atoms with van der Waals surface area (Å²) in [6.45, 7) is 0. The van der Waals surface area contributed by atoms with Crippen molar-refractivity contribution < 1.29 is 4.79 Å². The summed E-state index contributed by atoms with van der Waals surface area (Å²) in [5.41, 5.74) is 6.72. The van der Waals surface area contributed by atoms with Crippen LogP contribution in [0.25, 0.3) is 10.8 Å². The highest BCUT2D eigenvalue weighted by atomic mass is 16.1. The number of hydrogen-bond donors (Lipinski definition) is 3. The number of H-pyrrole nitrogens is 1. The van der Waals surface area contributed by atoms with Crippen LogP contribution < -0.4 is 11.1 Å². The SMILES string of the molecule is Nc1[nH]ncc1C(=O)Nc1cccc2ccccc12. The number of carbonyl (C=O) groups excluding carboxylic acids is 1. The number of fused-ring (bicyclic) bond motifs is 1. The van der Waals surface area contributed by atoms with Crippen molar-refractivity contribution in [1.29, 1.82) is 0 Å². The number of nitrogens with zero attached hydrogens (tertiary/aromatic N) is 1. The van der Waals surface area contributed by atoms with E-state index in [2.05, 4.69) is 15.5 Å². The van der Waals surface area contributed by atoms with Crippen LogP contribution >= 0.6 is 0 Å². The summed E-state index contributed by atoms with van der Waals surface area (Å²) >= 11 is 0. The van der Waals surface area contributed by atoms with E-state index in [9.17, 15) is 4.79 Å². The predicted molar refractivity (Wildman–Crippen MR) is 74.9 cm³/mol. The Hall–Kier alpha value is -2.82. The smallest absolute Gasteiger partial charge is 0.261 e. The topological polar surface area (TPSA) is 83.8 Å². The first-order chi connectivity index (χ1) is 9.25. The van der Waals surface area contributed by atoms with Gasteiger partial charge in [0.05, 0.1) is 6.20 Å². The highest BCUT2D eigenvalue weighted by Crippen LogP contribution is 2.23. The maximum Gasteiger partial charge on any atom is 0.261 e. The summed E-state index contributed by atoms with van der Waals surface area (Å²) in [6, 6.07) is 13.6. The van der Waals surface area contributed by atoms with Crippen LogP contribution in [0.1, 0.15) is 10.4 Å². The molecule has 3 rings (SSSR count). The lowest BCUT2D eigenvalue weighted by Crippen LogP contribution is -2.13. The zero-order valence-corrected chi connectivity index (χ0v) is 10.1. The molecule has 5 nitrogen and oxygen atoms in total. The molecule has 3 aromatic rings. The Morgan fingerprint density at radius 3 is 2.74 bits per heavy atom. The standard InChI is InChI=1S/C14H12N4O/c15-13-11(8-16-18-13)14(19)17-12-7-3-5-9-4-1-2-6-10(9)12/h1-8H,(H,17,19)(H3,15,16,18). The molecule has 1 heterocycles. The molecule has 0 aliphatic rings. The van der Waals surface area contributed by atoms with Gasteiger partial charge in [0.1, 0.15) is 11.4 Å². The fourth-order valence-electron chi connectivity index (χ4n) is 2.00. The van der Waals surface area contributed by atoms with Gasteiger partial charge in [-0.3, -0.25) is 9.89 Å². The monoisotopic (exact) mass is 252 g/mol. The quantitative estimate of drug-likeness (QED) is 0.654. The number of rotatable bonds is 2. The molecular formula is C14H12N4O. The van der Waals surface area contributed by atoms with Gasteiger partial charge in [0.2, 0.25) is 0 Å². The largest absolute Gasteiger partial charge is 0.383 e. The van der Waals surface area contributed by atoms with Gasteiger partial charge in [0.25, 0.3) is 5.91 Å². The molecule has 0 fully saturated rings. The third kappa shape index (κ3) is 2.01. The van der Waals surface area contributed by atoms with Crippen LogP contribution in [0.2, 0.25) is 0 Å². The Kier molecular flexibility index (Phi) is 2.64. The second-order valence-corrected chi connectivity index (χ2v) is 4.18. The molecule has 0 unspecified atom stereocenters. The predicted octanol–water partition coefficient (Wildman–Crippen LogP) is 2.40. The van der Waals surface area contributed by atoms with Gasteiger partial charge in [-0.25, -0.2) is 0 Å². The third-order valence-corrected chi connectivity index (χ3v) is 2.95. The summed E-state index contributed by atoms with van der Waals surface area (Å²) < 4.78 is 0. The van der Waals surface area contributed by atoms with E-state index in [4.69, 9.17) is 5.73 Å². The molecule has 0 atom stereocenters. The minimum absolute atomic E-state index is 0.262. The van der Waals surface area contributed by atoms with Crippen molar-refractivity contribution in [3.8, 4) is 0 Å². The van der Waals surface area contributed by atoms with Crippen molar-refractivity contribution in [3.63, 3.8) is 0 Å². The molecule has 0 bridgehead atoms. The zero-order chi connectivity index (χ0) is 13.2. The summed E-state index contributed by atoms with van der Waals surface area (Å²) in [5.74, 6) is -0.0136. The van der Waals surface area contributed by atoms with Gasteiger partial charge in [0, 0.05) is 11.1 Å². The van der Waals surface area contributed by atoms with Crippen LogP contribution in [-0.2, 0) is 0 Å². The molecule has 0 spiro atoms. The molecule has 4 N–H and O–H groups in total. The van der Waals surface area contributed by atoms with Gasteiger partial charge in [-0.15, -0.1) is 0 Å². The first-order valence-corrected chi connectivity index (χ1v) is 5.83. The normalized spacial score (nSPS) is 10.5. The molecule has 0 aliphatic carbocycles. The Balaban J connectivity index is 1.98. The average Bonchev–Trinajstić information content (AvgIpc) is 2.85. The van der Waals surface area contributed by atoms with Crippen LogP contribution in [0.4, 0.5) is 11.5 Å². The minimum atomic E-state index is -0.275. The number of aromatic amines is 1. The minimum Gasteiger partial charge on any atom is -0.383 e. The summed E-state index contributed by atoms with van der Waals surface area (Å²) in [4.78, 5) is 12.1. The number of amides is 1. The van der Waals surface area contributed by atoms with E-state index in [1.54, 1.807) is 0 Å². The van der Waals surface area contributed by atoms with E-state index in [-0.39, 0.29) is 11.7 Å². The molecule has 1 aromatic heterocycles. The maximum atomic E-state index is 12.1. The fraction of sp³-hybridized carbons (Fsp3) is 0. The molecule has 0 saturated heterocycles. The van der Waals surface area contributed by atoms with E-state index in [0.717, 1.165) is 16.5 Å². The average molecular weight is 252 g/mol. The first-order valence-electron chi connectivity index (χ1n) is 5.83. The number of nitrogens with two attached hydrogens (primary N) is 1. The van der Waals surface area contributed by atoms with Crippen molar-refractivity contribution >= 4 is 28.2 Å². The summed E-state index contributed by atoms with van der Waals surface area (Å²) in [5, 5.41) is 11.2. The molecule has 0 aliphatic heterocycles. The van der Waals surface area contributed by atoms with Crippen LogP contribution in [0.5, 0.6) is 0 Å². The van der Waals surface area contributed by atoms with Gasteiger partial charge < -0.3 is 11.1 Å². The van der Waals surface area contributed by atoms with E-state index in [1.165, 1.54) is 6.20 Å². The highest BCUT2D eigenvalue weighted by molar-refractivity contribution is 6.10. The van der Waals surface area contributed by atoms with Crippen molar-refractivity contribution in [3.05, 3.63) is 54.2 Å². The van der Waals surface area contributed by atoms with E-state index in [1.807, 2.05) is 42.5 Å². The lowest BCUT2D eigenvalue weighted by atomic mass is 10.1. The van der Waals surface area contributed by atoms with E-state index >= 15 is 0 Å². The Bertz CT molecular complexity index is 743. The first kappa shape index (κ1) is 11.3. The number of anilines is 2. The number of aromatic nitrogens is 2. The summed E-state index contributed by atoms with van der Waals surface area (Å²) in [6.07, 6.45) is 1.41. The second-order valence-electron chi connectivity index (χ2n) is 4.18. The molecule has 0 radical (unpaired) electrons. The van der Waals surface area contributed by atoms with Crippen molar-refractivity contribution in [2.24, 2.45) is 0 Å². The van der Waals surface area contributed by atoms with Crippen LogP contribution in [0.3, 0.4) is 0 Å². The van der Waals surface area contributed by atoms with Gasteiger partial charge in [0.15, 0.2) is 0 Å². The molecule has 5 heteroatoms. The molecule has 0 saturated carbocycles. The molecule has 94 valence electrons. The Morgan fingerprint density at radius 1 is 1.16 bits per heavy atom. The molecule has 2 aromatic carbocycles. The van der Waals surface area contributed by atoms with Crippen LogP contribution in [0, 0.1) is 0 Å². The molecular weight excluding hydrogens is 240 g/mol. The van der Waals surface area contributed by atoms with Crippen molar-refractivity contribution in [2.45, 2.75) is 0 Å². The van der Waals surface area contributed by atoms with E-state index in [0.29, 0.717) is 5.56 Å². The van der Waals surface area contributed by atoms with Crippen LogP contribution in [-0.4, -0.2) is 16.1 Å². The molecule has 1 amide bonds. The summed E-state index contributed by atoms with van der Waals surface area (Å²) in [7, 11) is 0. The number of nitrogens with one attached hydrogen (secondary N) is 2. The van der Waals surface area contributed by atoms with E-state index < -0.39 is 0 Å². The lowest BCUT2D eigenvalue weighted by Gasteiger charge is -2.08. The molecule has 19 heavy (non-hydrogen) atoms. The number of nitrogen functional groups attached to an aromatic ring is 1. The maximum absolute atomic E-state index is 12.1. The number of hydrogen-bond acceptors (Lipinski definition) is 3. The third-order valence-electron chi connectivity index (χ3n) is 2.95. The van der Waals surface area contributed by atoms with Crippen molar-refractivity contribution in [1.82, 2.24) is 10.2 Å². The second kappa shape index (κ2) is 4.45. The van der Waals surface area contributed by atoms with Gasteiger partial charge >= 0.3 is 0 Å². The van der Waals surface area contributed by atoms with Gasteiger partial charge in [-0.1, -0.05) is 36.4 Å². The fourth-order valence-corrected chi connectivity index (χ4v) is 2.00. The number of benzene rings is 2.